The Morgan fingerprint density at radius 2 is 2.26 bits per heavy atom. The number of benzene rings is 1. The molecule has 0 saturated carbocycles. The fraction of sp³-hybridized carbons (Fsp3) is 0.286. The minimum absolute atomic E-state index is 0.253. The summed E-state index contributed by atoms with van der Waals surface area (Å²) in [5.41, 5.74) is 3.48. The Kier molecular flexibility index (Phi) is 2.98. The van der Waals surface area contributed by atoms with Gasteiger partial charge < -0.3 is 9.55 Å². The topological polar surface area (TPSA) is 38.5 Å². The van der Waals surface area contributed by atoms with E-state index in [1.165, 1.54) is 5.56 Å². The normalized spacial score (nSPS) is 12.9. The smallest absolute Gasteiger partial charge is 0.178 e. The molecular formula is C14H16N4S. The average molecular weight is 272 g/mol. The van der Waals surface area contributed by atoms with E-state index in [4.69, 9.17) is 12.2 Å². The molecule has 98 valence electrons. The van der Waals surface area contributed by atoms with Crippen molar-refractivity contribution in [3.8, 4) is 0 Å². The highest BCUT2D eigenvalue weighted by Crippen LogP contribution is 2.21. The summed E-state index contributed by atoms with van der Waals surface area (Å²) >= 11 is 5.45. The summed E-state index contributed by atoms with van der Waals surface area (Å²) in [7, 11) is 0. The van der Waals surface area contributed by atoms with Crippen LogP contribution in [0.2, 0.25) is 0 Å². The average Bonchev–Trinajstić information content (AvgIpc) is 2.95. The molecule has 5 heteroatoms. The van der Waals surface area contributed by atoms with Crippen molar-refractivity contribution < 1.29 is 0 Å². The predicted octanol–water partition coefficient (Wildman–Crippen LogP) is 3.47. The van der Waals surface area contributed by atoms with Gasteiger partial charge in [0.2, 0.25) is 0 Å². The van der Waals surface area contributed by atoms with Gasteiger partial charge in [-0.3, -0.25) is 4.68 Å². The molecule has 3 rings (SSSR count). The molecule has 1 atom stereocenters. The maximum Gasteiger partial charge on any atom is 0.178 e. The molecule has 19 heavy (non-hydrogen) atoms. The van der Waals surface area contributed by atoms with Crippen LogP contribution in [0.25, 0.3) is 11.0 Å². The van der Waals surface area contributed by atoms with Crippen LogP contribution in [-0.2, 0) is 6.54 Å². The van der Waals surface area contributed by atoms with Crippen LogP contribution in [0.15, 0.2) is 36.7 Å². The van der Waals surface area contributed by atoms with Crippen molar-refractivity contribution in [1.82, 2.24) is 19.3 Å². The van der Waals surface area contributed by atoms with Gasteiger partial charge >= 0.3 is 0 Å². The van der Waals surface area contributed by atoms with Crippen LogP contribution in [0.4, 0.5) is 0 Å². The van der Waals surface area contributed by atoms with Crippen LogP contribution >= 0.6 is 12.2 Å². The SMILES string of the molecule is Cc1ccc2[nH]c(=S)n(C(C)Cn3cccn3)c2c1. The first kappa shape index (κ1) is 12.2. The lowest BCUT2D eigenvalue weighted by Crippen LogP contribution is -2.13. The van der Waals surface area contributed by atoms with Crippen molar-refractivity contribution in [2.24, 2.45) is 0 Å². The monoisotopic (exact) mass is 272 g/mol. The molecule has 1 N–H and O–H groups in total. The van der Waals surface area contributed by atoms with Crippen LogP contribution in [0.3, 0.4) is 0 Å². The van der Waals surface area contributed by atoms with Gasteiger partial charge in [0.1, 0.15) is 0 Å². The lowest BCUT2D eigenvalue weighted by atomic mass is 10.2. The number of hydrogen-bond acceptors (Lipinski definition) is 2. The fourth-order valence-corrected chi connectivity index (χ4v) is 2.82. The zero-order valence-corrected chi connectivity index (χ0v) is 11.8. The van der Waals surface area contributed by atoms with E-state index in [-0.39, 0.29) is 6.04 Å². The molecule has 0 spiro atoms. The number of aromatic amines is 1. The number of rotatable bonds is 3. The van der Waals surface area contributed by atoms with Crippen LogP contribution < -0.4 is 0 Å². The van der Waals surface area contributed by atoms with Gasteiger partial charge in [0.05, 0.1) is 23.6 Å². The Bertz CT molecular complexity index is 751. The second-order valence-electron chi connectivity index (χ2n) is 4.90. The van der Waals surface area contributed by atoms with Crippen molar-refractivity contribution in [2.75, 3.05) is 0 Å². The number of H-pyrrole nitrogens is 1. The Labute approximate surface area is 116 Å². The molecule has 4 nitrogen and oxygen atoms in total. The number of nitrogens with zero attached hydrogens (tertiary/aromatic N) is 3. The summed E-state index contributed by atoms with van der Waals surface area (Å²) < 4.78 is 4.86. The summed E-state index contributed by atoms with van der Waals surface area (Å²) in [6.45, 7) is 5.06. The molecule has 2 heterocycles. The van der Waals surface area contributed by atoms with Gasteiger partial charge in [0.25, 0.3) is 0 Å². The fourth-order valence-electron chi connectivity index (χ4n) is 2.43. The first-order valence-electron chi connectivity index (χ1n) is 6.33. The van der Waals surface area contributed by atoms with Gasteiger partial charge in [-0.15, -0.1) is 0 Å². The molecule has 0 saturated heterocycles. The van der Waals surface area contributed by atoms with Crippen LogP contribution in [0.5, 0.6) is 0 Å². The van der Waals surface area contributed by atoms with Gasteiger partial charge in [-0.2, -0.15) is 5.10 Å². The standard InChI is InChI=1S/C14H16N4S/c1-10-4-5-12-13(8-10)18(14(19)16-12)11(2)9-17-7-3-6-15-17/h3-8,11H,9H2,1-2H3,(H,16,19). The highest BCUT2D eigenvalue weighted by atomic mass is 32.1. The third kappa shape index (κ3) is 2.21. The number of nitrogens with one attached hydrogen (secondary N) is 1. The maximum atomic E-state index is 5.45. The predicted molar refractivity (Wildman–Crippen MR) is 78.8 cm³/mol. The third-order valence-electron chi connectivity index (χ3n) is 3.32. The van der Waals surface area contributed by atoms with Crippen LogP contribution in [0, 0.1) is 11.7 Å². The first-order valence-corrected chi connectivity index (χ1v) is 6.74. The van der Waals surface area contributed by atoms with Gasteiger partial charge in [0, 0.05) is 12.4 Å². The van der Waals surface area contributed by atoms with Gasteiger partial charge in [-0.05, 0) is 49.8 Å². The number of aromatic nitrogens is 4. The third-order valence-corrected chi connectivity index (χ3v) is 3.62. The van der Waals surface area contributed by atoms with Gasteiger partial charge in [-0.1, -0.05) is 6.07 Å². The highest BCUT2D eigenvalue weighted by Gasteiger charge is 2.12. The Hall–Kier alpha value is -1.88. The molecule has 2 aromatic heterocycles. The highest BCUT2D eigenvalue weighted by molar-refractivity contribution is 7.71. The van der Waals surface area contributed by atoms with Crippen molar-refractivity contribution in [3.05, 3.63) is 47.0 Å². The van der Waals surface area contributed by atoms with E-state index in [1.54, 1.807) is 6.20 Å². The second-order valence-corrected chi connectivity index (χ2v) is 5.28. The van der Waals surface area contributed by atoms with E-state index < -0.39 is 0 Å². The Balaban J connectivity index is 2.06. The van der Waals surface area contributed by atoms with Crippen LogP contribution in [-0.4, -0.2) is 19.3 Å². The van der Waals surface area contributed by atoms with Gasteiger partial charge in [-0.25, -0.2) is 0 Å². The summed E-state index contributed by atoms with van der Waals surface area (Å²) in [6.07, 6.45) is 3.77. The molecule has 1 aromatic carbocycles. The Morgan fingerprint density at radius 1 is 1.42 bits per heavy atom. The van der Waals surface area contributed by atoms with Crippen molar-refractivity contribution in [2.45, 2.75) is 26.4 Å². The lowest BCUT2D eigenvalue weighted by Gasteiger charge is -2.14. The minimum atomic E-state index is 0.253. The van der Waals surface area contributed by atoms with E-state index in [0.29, 0.717) is 0 Å². The summed E-state index contributed by atoms with van der Waals surface area (Å²) in [6, 6.07) is 8.53. The van der Waals surface area contributed by atoms with Crippen molar-refractivity contribution in [3.63, 3.8) is 0 Å². The molecule has 1 unspecified atom stereocenters. The zero-order chi connectivity index (χ0) is 13.4. The minimum Gasteiger partial charge on any atom is -0.331 e. The molecule has 0 radical (unpaired) electrons. The van der Waals surface area contributed by atoms with Crippen molar-refractivity contribution >= 4 is 23.3 Å². The summed E-state index contributed by atoms with van der Waals surface area (Å²) in [5, 5.41) is 4.25. The summed E-state index contributed by atoms with van der Waals surface area (Å²) in [4.78, 5) is 3.26. The molecule has 0 fully saturated rings. The van der Waals surface area contributed by atoms with E-state index in [9.17, 15) is 0 Å². The number of hydrogen-bond donors (Lipinski definition) is 1. The number of aryl methyl sites for hydroxylation is 1. The maximum absolute atomic E-state index is 5.45. The summed E-state index contributed by atoms with van der Waals surface area (Å²) in [5.74, 6) is 0. The molecule has 0 aliphatic rings. The molecule has 0 aliphatic carbocycles. The van der Waals surface area contributed by atoms with E-state index in [1.807, 2.05) is 16.9 Å². The lowest BCUT2D eigenvalue weighted by molar-refractivity contribution is 0.442. The quantitative estimate of drug-likeness (QED) is 0.741. The largest absolute Gasteiger partial charge is 0.331 e. The zero-order valence-electron chi connectivity index (χ0n) is 11.0. The molecule has 0 bridgehead atoms. The number of fused-ring (bicyclic) bond motifs is 1. The van der Waals surface area contributed by atoms with E-state index >= 15 is 0 Å². The second kappa shape index (κ2) is 4.66. The molecule has 0 aliphatic heterocycles. The molecule has 3 aromatic rings. The molecular weight excluding hydrogens is 256 g/mol. The number of imidazole rings is 1. The van der Waals surface area contributed by atoms with Crippen LogP contribution in [0.1, 0.15) is 18.5 Å². The van der Waals surface area contributed by atoms with Crippen molar-refractivity contribution in [1.29, 1.82) is 0 Å². The van der Waals surface area contributed by atoms with Gasteiger partial charge in [0.15, 0.2) is 4.77 Å². The molecule has 0 amide bonds. The first-order chi connectivity index (χ1) is 9.15. The van der Waals surface area contributed by atoms with E-state index in [2.05, 4.69) is 46.7 Å². The van der Waals surface area contributed by atoms with E-state index in [0.717, 1.165) is 22.3 Å². The Morgan fingerprint density at radius 3 is 3.00 bits per heavy atom.